The van der Waals surface area contributed by atoms with Crippen molar-refractivity contribution < 1.29 is 29.3 Å². The van der Waals surface area contributed by atoms with Crippen LogP contribution in [-0.4, -0.2) is 83.1 Å². The molecule has 1 aromatic rings. The van der Waals surface area contributed by atoms with Crippen LogP contribution in [0.1, 0.15) is 25.3 Å². The van der Waals surface area contributed by atoms with E-state index in [1.54, 1.807) is 0 Å². The van der Waals surface area contributed by atoms with Gasteiger partial charge in [0.2, 0.25) is 11.8 Å². The smallest absolute Gasteiger partial charge is 0.407 e. The standard InChI is InChI=1S/C21H32N6O6/c1-13(17(29)25-15-8-5-10-27(19(15)31)20(22)23)24-18(30)16(12-28)26-21(32)33-11-9-14-6-3-2-4-7-14/h2-4,6-7,13,15-16,19,28,31H,5,8-12H2,1H3,(H3,22,23)(H,24,30)(H,25,29)(H,26,32). The fraction of sp³-hybridized carbons (Fsp3) is 0.524. The van der Waals surface area contributed by atoms with Crippen molar-refractivity contribution in [2.75, 3.05) is 19.8 Å². The Hall–Kier alpha value is -3.38. The lowest BCUT2D eigenvalue weighted by atomic mass is 10.0. The van der Waals surface area contributed by atoms with Gasteiger partial charge in [-0.25, -0.2) is 4.79 Å². The van der Waals surface area contributed by atoms with Gasteiger partial charge in [-0.1, -0.05) is 30.3 Å². The number of nitrogens with one attached hydrogen (secondary N) is 4. The number of hydrogen-bond acceptors (Lipinski definition) is 7. The SMILES string of the molecule is CC(NC(=O)C(CO)NC(=O)OCCc1ccccc1)C(=O)NC1CCCN(C(=N)N)C1O. The summed E-state index contributed by atoms with van der Waals surface area (Å²) in [6.07, 6.45) is -0.430. The number of ether oxygens (including phenoxy) is 1. The highest BCUT2D eigenvalue weighted by atomic mass is 16.5. The number of amides is 3. The molecule has 0 spiro atoms. The predicted octanol–water partition coefficient (Wildman–Crippen LogP) is -1.39. The highest BCUT2D eigenvalue weighted by molar-refractivity contribution is 5.91. The van der Waals surface area contributed by atoms with E-state index in [4.69, 9.17) is 15.9 Å². The molecule has 1 saturated heterocycles. The van der Waals surface area contributed by atoms with Crippen LogP contribution in [0.3, 0.4) is 0 Å². The van der Waals surface area contributed by atoms with Crippen LogP contribution in [-0.2, 0) is 20.7 Å². The van der Waals surface area contributed by atoms with Crippen LogP contribution in [0.5, 0.6) is 0 Å². The lowest BCUT2D eigenvalue weighted by molar-refractivity contribution is -0.131. The third-order valence-corrected chi connectivity index (χ3v) is 5.24. The van der Waals surface area contributed by atoms with Gasteiger partial charge in [-0.15, -0.1) is 0 Å². The minimum Gasteiger partial charge on any atom is -0.449 e. The molecule has 4 unspecified atom stereocenters. The Balaban J connectivity index is 1.79. The van der Waals surface area contributed by atoms with E-state index in [1.807, 2.05) is 30.3 Å². The summed E-state index contributed by atoms with van der Waals surface area (Å²) < 4.78 is 5.04. The fourth-order valence-electron chi connectivity index (χ4n) is 3.36. The van der Waals surface area contributed by atoms with Crippen molar-refractivity contribution >= 4 is 23.9 Å². The monoisotopic (exact) mass is 464 g/mol. The maximum atomic E-state index is 12.5. The van der Waals surface area contributed by atoms with Crippen molar-refractivity contribution in [3.8, 4) is 0 Å². The molecule has 1 aromatic carbocycles. The zero-order valence-corrected chi connectivity index (χ0v) is 18.5. The molecule has 4 atom stereocenters. The van der Waals surface area contributed by atoms with Crippen molar-refractivity contribution in [1.82, 2.24) is 20.9 Å². The Morgan fingerprint density at radius 3 is 2.58 bits per heavy atom. The van der Waals surface area contributed by atoms with E-state index < -0.39 is 48.9 Å². The molecule has 8 N–H and O–H groups in total. The van der Waals surface area contributed by atoms with Gasteiger partial charge in [0.05, 0.1) is 19.3 Å². The normalized spacial score (nSPS) is 19.7. The minimum absolute atomic E-state index is 0.0927. The van der Waals surface area contributed by atoms with Crippen molar-refractivity contribution in [3.63, 3.8) is 0 Å². The maximum absolute atomic E-state index is 12.5. The molecule has 0 saturated carbocycles. The predicted molar refractivity (Wildman–Crippen MR) is 119 cm³/mol. The molecule has 1 fully saturated rings. The first-order valence-electron chi connectivity index (χ1n) is 10.7. The van der Waals surface area contributed by atoms with Gasteiger partial charge in [-0.3, -0.25) is 15.0 Å². The number of benzene rings is 1. The summed E-state index contributed by atoms with van der Waals surface area (Å²) in [4.78, 5) is 38.1. The molecule has 3 amide bonds. The van der Waals surface area contributed by atoms with Crippen LogP contribution in [0.25, 0.3) is 0 Å². The Bertz CT molecular complexity index is 823. The first-order chi connectivity index (χ1) is 15.7. The van der Waals surface area contributed by atoms with Crippen LogP contribution >= 0.6 is 0 Å². The molecule has 0 bridgehead atoms. The fourth-order valence-corrected chi connectivity index (χ4v) is 3.36. The van der Waals surface area contributed by atoms with Crippen LogP contribution in [0.4, 0.5) is 4.79 Å². The molecular formula is C21H32N6O6. The second-order valence-corrected chi connectivity index (χ2v) is 7.73. The third-order valence-electron chi connectivity index (χ3n) is 5.24. The number of likely N-dealkylation sites (tertiary alicyclic amines) is 1. The molecule has 33 heavy (non-hydrogen) atoms. The molecule has 0 aromatic heterocycles. The van der Waals surface area contributed by atoms with Gasteiger partial charge in [-0.05, 0) is 25.3 Å². The number of hydrogen-bond donors (Lipinski definition) is 7. The molecule has 1 aliphatic heterocycles. The molecule has 2 rings (SSSR count). The van der Waals surface area contributed by atoms with E-state index in [0.717, 1.165) is 5.56 Å². The molecule has 1 heterocycles. The number of carbonyl (C=O) groups is 3. The Labute approximate surface area is 192 Å². The zero-order valence-electron chi connectivity index (χ0n) is 18.5. The number of aliphatic hydroxyl groups excluding tert-OH is 2. The van der Waals surface area contributed by atoms with Crippen LogP contribution in [0, 0.1) is 5.41 Å². The topological polar surface area (TPSA) is 190 Å². The third kappa shape index (κ3) is 7.91. The number of carbonyl (C=O) groups excluding carboxylic acids is 3. The summed E-state index contributed by atoms with van der Waals surface area (Å²) in [5.41, 5.74) is 6.42. The summed E-state index contributed by atoms with van der Waals surface area (Å²) in [6.45, 7) is 1.23. The number of guanidine groups is 1. The number of nitrogens with two attached hydrogens (primary N) is 1. The van der Waals surface area contributed by atoms with E-state index >= 15 is 0 Å². The number of nitrogens with zero attached hydrogens (tertiary/aromatic N) is 1. The zero-order chi connectivity index (χ0) is 24.4. The van der Waals surface area contributed by atoms with Crippen molar-refractivity contribution in [1.29, 1.82) is 5.41 Å². The number of alkyl carbamates (subject to hydrolysis) is 1. The average Bonchev–Trinajstić information content (AvgIpc) is 2.79. The lowest BCUT2D eigenvalue weighted by Crippen LogP contribution is -2.61. The van der Waals surface area contributed by atoms with Crippen molar-refractivity contribution in [2.45, 2.75) is 50.5 Å². The minimum atomic E-state index is -1.31. The second-order valence-electron chi connectivity index (χ2n) is 7.73. The van der Waals surface area contributed by atoms with Gasteiger partial charge < -0.3 is 41.5 Å². The van der Waals surface area contributed by atoms with E-state index in [0.29, 0.717) is 25.8 Å². The lowest BCUT2D eigenvalue weighted by Gasteiger charge is -2.38. The molecule has 0 radical (unpaired) electrons. The van der Waals surface area contributed by atoms with E-state index in [2.05, 4.69) is 16.0 Å². The molecular weight excluding hydrogens is 432 g/mol. The molecule has 1 aliphatic rings. The molecule has 12 nitrogen and oxygen atoms in total. The van der Waals surface area contributed by atoms with Crippen molar-refractivity contribution in [3.05, 3.63) is 35.9 Å². The van der Waals surface area contributed by atoms with Crippen LogP contribution in [0.15, 0.2) is 30.3 Å². The molecule has 182 valence electrons. The summed E-state index contributed by atoms with van der Waals surface area (Å²) in [6, 6.07) is 6.41. The van der Waals surface area contributed by atoms with E-state index in [1.165, 1.54) is 11.8 Å². The second kappa shape index (κ2) is 12.6. The van der Waals surface area contributed by atoms with Crippen LogP contribution in [0.2, 0.25) is 0 Å². The summed E-state index contributed by atoms with van der Waals surface area (Å²) in [5.74, 6) is -1.63. The summed E-state index contributed by atoms with van der Waals surface area (Å²) in [7, 11) is 0. The number of rotatable bonds is 9. The molecule has 12 heteroatoms. The quantitative estimate of drug-likeness (QED) is 0.172. The van der Waals surface area contributed by atoms with Gasteiger partial charge in [0, 0.05) is 13.0 Å². The largest absolute Gasteiger partial charge is 0.449 e. The number of aliphatic hydroxyl groups is 2. The van der Waals surface area contributed by atoms with Gasteiger partial charge in [0.15, 0.2) is 5.96 Å². The van der Waals surface area contributed by atoms with Crippen LogP contribution < -0.4 is 21.7 Å². The highest BCUT2D eigenvalue weighted by Gasteiger charge is 2.33. The van der Waals surface area contributed by atoms with Gasteiger partial charge >= 0.3 is 6.09 Å². The molecule has 0 aliphatic carbocycles. The Kier molecular flexibility index (Phi) is 9.88. The van der Waals surface area contributed by atoms with E-state index in [9.17, 15) is 24.6 Å². The average molecular weight is 465 g/mol. The highest BCUT2D eigenvalue weighted by Crippen LogP contribution is 2.15. The Morgan fingerprint density at radius 1 is 1.24 bits per heavy atom. The number of piperidine rings is 1. The maximum Gasteiger partial charge on any atom is 0.407 e. The summed E-state index contributed by atoms with van der Waals surface area (Å²) >= 11 is 0. The van der Waals surface area contributed by atoms with Gasteiger partial charge in [-0.2, -0.15) is 0 Å². The first-order valence-corrected chi connectivity index (χ1v) is 10.7. The van der Waals surface area contributed by atoms with Crippen molar-refractivity contribution in [2.24, 2.45) is 5.73 Å². The summed E-state index contributed by atoms with van der Waals surface area (Å²) in [5, 5.41) is 34.6. The van der Waals surface area contributed by atoms with Gasteiger partial charge in [0.25, 0.3) is 0 Å². The van der Waals surface area contributed by atoms with Gasteiger partial charge in [0.1, 0.15) is 18.3 Å². The van der Waals surface area contributed by atoms with E-state index in [-0.39, 0.29) is 12.6 Å². The first kappa shape index (κ1) is 25.9. The Morgan fingerprint density at radius 2 is 1.94 bits per heavy atom.